The highest BCUT2D eigenvalue weighted by Crippen LogP contribution is 2.14. The number of pyridine rings is 1. The fraction of sp³-hybridized carbons (Fsp3) is 0.500. The van der Waals surface area contributed by atoms with Gasteiger partial charge in [0.25, 0.3) is 5.91 Å². The van der Waals surface area contributed by atoms with Crippen molar-refractivity contribution in [2.75, 3.05) is 25.0 Å². The van der Waals surface area contributed by atoms with Crippen LogP contribution in [-0.4, -0.2) is 53.0 Å². The van der Waals surface area contributed by atoms with Crippen molar-refractivity contribution in [3.05, 3.63) is 24.5 Å². The minimum absolute atomic E-state index is 0.0126. The molecule has 0 saturated carbocycles. The highest BCUT2D eigenvalue weighted by molar-refractivity contribution is 5.96. The molecule has 0 spiro atoms. The van der Waals surface area contributed by atoms with E-state index in [0.717, 1.165) is 12.8 Å². The van der Waals surface area contributed by atoms with Crippen LogP contribution in [0.25, 0.3) is 0 Å². The van der Waals surface area contributed by atoms with E-state index in [9.17, 15) is 14.7 Å². The summed E-state index contributed by atoms with van der Waals surface area (Å²) in [7, 11) is 1.65. The van der Waals surface area contributed by atoms with E-state index in [1.165, 1.54) is 9.80 Å². The van der Waals surface area contributed by atoms with E-state index in [2.05, 4.69) is 4.98 Å². The normalized spacial score (nSPS) is 19.6. The second-order valence-corrected chi connectivity index (χ2v) is 4.94. The summed E-state index contributed by atoms with van der Waals surface area (Å²) in [6.07, 6.45) is 4.34. The molecule has 108 valence electrons. The second-order valence-electron chi connectivity index (χ2n) is 4.94. The van der Waals surface area contributed by atoms with Crippen LogP contribution in [0.1, 0.15) is 19.3 Å². The maximum Gasteiger partial charge on any atom is 0.251 e. The Hall–Kier alpha value is -1.95. The van der Waals surface area contributed by atoms with E-state index in [0.29, 0.717) is 18.7 Å². The van der Waals surface area contributed by atoms with Crippen LogP contribution >= 0.6 is 0 Å². The first-order valence-corrected chi connectivity index (χ1v) is 6.73. The van der Waals surface area contributed by atoms with Gasteiger partial charge in [0, 0.05) is 19.8 Å². The molecule has 1 fully saturated rings. The number of aromatic nitrogens is 1. The lowest BCUT2D eigenvalue weighted by molar-refractivity contribution is -0.142. The highest BCUT2D eigenvalue weighted by atomic mass is 16.3. The quantitative estimate of drug-likeness (QED) is 0.869. The summed E-state index contributed by atoms with van der Waals surface area (Å²) < 4.78 is 0. The lowest BCUT2D eigenvalue weighted by Crippen LogP contribution is -2.44. The molecule has 20 heavy (non-hydrogen) atoms. The molecule has 0 aromatic carbocycles. The van der Waals surface area contributed by atoms with Crippen molar-refractivity contribution in [1.29, 1.82) is 0 Å². The first-order valence-electron chi connectivity index (χ1n) is 6.73. The van der Waals surface area contributed by atoms with Gasteiger partial charge in [0.05, 0.1) is 11.9 Å². The molecule has 1 atom stereocenters. The van der Waals surface area contributed by atoms with E-state index >= 15 is 0 Å². The van der Waals surface area contributed by atoms with E-state index in [1.807, 2.05) is 0 Å². The van der Waals surface area contributed by atoms with Gasteiger partial charge < -0.3 is 14.9 Å². The predicted octanol–water partition coefficient (Wildman–Crippen LogP) is 0.418. The smallest absolute Gasteiger partial charge is 0.251 e. The number of likely N-dealkylation sites (N-methyl/N-ethyl adjacent to an activating group) is 1. The SMILES string of the molecule is CN(C(=O)CN1CCCCC(O)C1=O)c1cccnc1. The fourth-order valence-corrected chi connectivity index (χ4v) is 2.21. The van der Waals surface area contributed by atoms with Crippen LogP contribution in [0.2, 0.25) is 0 Å². The van der Waals surface area contributed by atoms with Gasteiger partial charge in [-0.1, -0.05) is 0 Å². The number of aliphatic hydroxyl groups is 1. The van der Waals surface area contributed by atoms with E-state index in [-0.39, 0.29) is 18.4 Å². The van der Waals surface area contributed by atoms with Crippen molar-refractivity contribution in [2.45, 2.75) is 25.4 Å². The zero-order valence-electron chi connectivity index (χ0n) is 11.5. The maximum atomic E-state index is 12.2. The van der Waals surface area contributed by atoms with Crippen LogP contribution < -0.4 is 4.90 Å². The topological polar surface area (TPSA) is 73.7 Å². The number of anilines is 1. The van der Waals surface area contributed by atoms with Crippen LogP contribution in [0.15, 0.2) is 24.5 Å². The van der Waals surface area contributed by atoms with Crippen molar-refractivity contribution in [2.24, 2.45) is 0 Å². The minimum Gasteiger partial charge on any atom is -0.383 e. The largest absolute Gasteiger partial charge is 0.383 e. The first-order chi connectivity index (χ1) is 9.59. The molecule has 2 heterocycles. The highest BCUT2D eigenvalue weighted by Gasteiger charge is 2.27. The van der Waals surface area contributed by atoms with E-state index in [1.54, 1.807) is 31.6 Å². The molecule has 0 radical (unpaired) electrons. The Morgan fingerprint density at radius 1 is 1.55 bits per heavy atom. The van der Waals surface area contributed by atoms with Gasteiger partial charge in [-0.15, -0.1) is 0 Å². The van der Waals surface area contributed by atoms with Crippen LogP contribution in [0.4, 0.5) is 5.69 Å². The Morgan fingerprint density at radius 3 is 3.05 bits per heavy atom. The Kier molecular flexibility index (Phi) is 4.68. The summed E-state index contributed by atoms with van der Waals surface area (Å²) in [5, 5.41) is 9.67. The van der Waals surface area contributed by atoms with Crippen molar-refractivity contribution in [1.82, 2.24) is 9.88 Å². The minimum atomic E-state index is -0.978. The number of amides is 2. The fourth-order valence-electron chi connectivity index (χ4n) is 2.21. The molecule has 0 bridgehead atoms. The number of nitrogens with zero attached hydrogens (tertiary/aromatic N) is 3. The molecule has 1 N–H and O–H groups in total. The van der Waals surface area contributed by atoms with Gasteiger partial charge in [0.2, 0.25) is 5.91 Å². The number of rotatable bonds is 3. The molecule has 1 aromatic rings. The molecule has 0 aliphatic carbocycles. The number of carbonyl (C=O) groups excluding carboxylic acids is 2. The molecule has 1 aliphatic heterocycles. The van der Waals surface area contributed by atoms with Gasteiger partial charge in [0.1, 0.15) is 12.6 Å². The molecule has 1 aromatic heterocycles. The number of carbonyl (C=O) groups is 2. The number of hydrogen-bond acceptors (Lipinski definition) is 4. The second kappa shape index (κ2) is 6.47. The molecule has 1 aliphatic rings. The Morgan fingerprint density at radius 2 is 2.35 bits per heavy atom. The van der Waals surface area contributed by atoms with Crippen LogP contribution in [0.5, 0.6) is 0 Å². The standard InChI is InChI=1S/C14H19N3O3/c1-16(11-5-4-7-15-9-11)13(19)10-17-8-3-2-6-12(18)14(17)20/h4-5,7,9,12,18H,2-3,6,8,10H2,1H3. The van der Waals surface area contributed by atoms with Gasteiger partial charge >= 0.3 is 0 Å². The van der Waals surface area contributed by atoms with Crippen molar-refractivity contribution in [3.8, 4) is 0 Å². The molecule has 1 saturated heterocycles. The molecule has 2 amide bonds. The molecule has 1 unspecified atom stereocenters. The van der Waals surface area contributed by atoms with Crippen LogP contribution in [0.3, 0.4) is 0 Å². The molecule has 6 heteroatoms. The van der Waals surface area contributed by atoms with Gasteiger partial charge in [-0.3, -0.25) is 14.6 Å². The lowest BCUT2D eigenvalue weighted by Gasteiger charge is -2.25. The van der Waals surface area contributed by atoms with Crippen molar-refractivity contribution < 1.29 is 14.7 Å². The average Bonchev–Trinajstić information content (AvgIpc) is 2.63. The molecular weight excluding hydrogens is 258 g/mol. The number of aliphatic hydroxyl groups excluding tert-OH is 1. The van der Waals surface area contributed by atoms with Crippen LogP contribution in [-0.2, 0) is 9.59 Å². The molecule has 2 rings (SSSR count). The van der Waals surface area contributed by atoms with Crippen LogP contribution in [0, 0.1) is 0 Å². The monoisotopic (exact) mass is 277 g/mol. The van der Waals surface area contributed by atoms with E-state index in [4.69, 9.17) is 0 Å². The summed E-state index contributed by atoms with van der Waals surface area (Å²) in [5.74, 6) is -0.545. The van der Waals surface area contributed by atoms with Crippen molar-refractivity contribution in [3.63, 3.8) is 0 Å². The first kappa shape index (κ1) is 14.5. The predicted molar refractivity (Wildman–Crippen MR) is 74.1 cm³/mol. The van der Waals surface area contributed by atoms with Gasteiger partial charge in [-0.2, -0.15) is 0 Å². The Labute approximate surface area is 118 Å². The maximum absolute atomic E-state index is 12.2. The summed E-state index contributed by atoms with van der Waals surface area (Å²) in [6, 6.07) is 3.53. The summed E-state index contributed by atoms with van der Waals surface area (Å²) in [5.41, 5.74) is 0.681. The zero-order valence-corrected chi connectivity index (χ0v) is 11.5. The molecular formula is C14H19N3O3. The van der Waals surface area contributed by atoms with E-state index < -0.39 is 6.10 Å². The summed E-state index contributed by atoms with van der Waals surface area (Å²) in [4.78, 5) is 31.0. The zero-order chi connectivity index (χ0) is 14.5. The molecule has 6 nitrogen and oxygen atoms in total. The van der Waals surface area contributed by atoms with Gasteiger partial charge in [0.15, 0.2) is 0 Å². The summed E-state index contributed by atoms with van der Waals surface area (Å²) in [6.45, 7) is 0.504. The third-order valence-electron chi connectivity index (χ3n) is 3.49. The average molecular weight is 277 g/mol. The lowest BCUT2D eigenvalue weighted by atomic mass is 10.2. The summed E-state index contributed by atoms with van der Waals surface area (Å²) >= 11 is 0. The Bertz CT molecular complexity index is 478. The van der Waals surface area contributed by atoms with Crippen molar-refractivity contribution >= 4 is 17.5 Å². The number of hydrogen-bond donors (Lipinski definition) is 1. The van der Waals surface area contributed by atoms with Gasteiger partial charge in [-0.25, -0.2) is 0 Å². The third kappa shape index (κ3) is 3.33. The van der Waals surface area contributed by atoms with Gasteiger partial charge in [-0.05, 0) is 31.4 Å². The Balaban J connectivity index is 2.01. The third-order valence-corrected chi connectivity index (χ3v) is 3.49. The number of likely N-dealkylation sites (tertiary alicyclic amines) is 1.